The molecule has 63 heavy (non-hydrogen) atoms. The third kappa shape index (κ3) is 5.41. The number of hydrogen-bond acceptors (Lipinski definition) is 3. The van der Waals surface area contributed by atoms with E-state index in [0.717, 1.165) is 82.9 Å². The molecule has 13 rings (SSSR count). The minimum absolute atomic E-state index is 0.608. The molecule has 0 aliphatic heterocycles. The Balaban J connectivity index is 1.21. The Morgan fingerprint density at radius 2 is 0.698 bits per heavy atom. The fraction of sp³-hybridized carbons (Fsp3) is 0. The second kappa shape index (κ2) is 14.0. The van der Waals surface area contributed by atoms with Crippen LogP contribution in [0.3, 0.4) is 0 Å². The van der Waals surface area contributed by atoms with Crippen molar-refractivity contribution in [3.05, 3.63) is 218 Å². The van der Waals surface area contributed by atoms with Crippen molar-refractivity contribution in [1.29, 1.82) is 0 Å². The number of benzene rings is 9. The van der Waals surface area contributed by atoms with Crippen LogP contribution in [0, 0.1) is 0 Å². The summed E-state index contributed by atoms with van der Waals surface area (Å²) in [4.78, 5) is 15.9. The fourth-order valence-corrected chi connectivity index (χ4v) is 9.77. The molecule has 0 atom stereocenters. The number of rotatable bonds is 6. The van der Waals surface area contributed by atoms with Gasteiger partial charge in [-0.2, -0.15) is 0 Å². The van der Waals surface area contributed by atoms with E-state index in [2.05, 4.69) is 196 Å². The van der Waals surface area contributed by atoms with Crippen LogP contribution in [-0.4, -0.2) is 28.7 Å². The molecule has 9 aromatic carbocycles. The van der Waals surface area contributed by atoms with Crippen LogP contribution in [0.4, 0.5) is 0 Å². The van der Waals surface area contributed by atoms with Crippen LogP contribution in [0.25, 0.3) is 117 Å². The highest BCUT2D eigenvalue weighted by Gasteiger charge is 2.26. The summed E-state index contributed by atoms with van der Waals surface area (Å²) in [6.45, 7) is 0. The zero-order chi connectivity index (χ0) is 41.4. The van der Waals surface area contributed by atoms with Crippen LogP contribution < -0.4 is 0 Å². The van der Waals surface area contributed by atoms with Gasteiger partial charge in [-0.15, -0.1) is 0 Å². The smallest absolute Gasteiger partial charge is 0.166 e. The molecule has 0 saturated heterocycles. The minimum atomic E-state index is 0.608. The highest BCUT2D eigenvalue weighted by molar-refractivity contribution is 6.29. The van der Waals surface area contributed by atoms with E-state index in [0.29, 0.717) is 17.5 Å². The summed E-state index contributed by atoms with van der Waals surface area (Å²) >= 11 is 0. The topological polar surface area (TPSA) is 53.5 Å². The van der Waals surface area contributed by atoms with Gasteiger partial charge in [-0.05, 0) is 66.7 Å². The number of fused-ring (bicyclic) bond motifs is 10. The molecule has 0 radical (unpaired) electrons. The Kier molecular flexibility index (Phi) is 7.80. The van der Waals surface area contributed by atoms with Crippen molar-refractivity contribution in [3.8, 4) is 51.2 Å². The molecule has 4 aromatic heterocycles. The molecule has 0 saturated carbocycles. The summed E-state index contributed by atoms with van der Waals surface area (Å²) in [5, 5.41) is 6.94. The Hall–Kier alpha value is -8.61. The van der Waals surface area contributed by atoms with Crippen LogP contribution >= 0.6 is 0 Å². The maximum absolute atomic E-state index is 5.39. The third-order valence-corrected chi connectivity index (χ3v) is 12.5. The Labute approximate surface area is 362 Å². The molecule has 294 valence electrons. The first-order chi connectivity index (χ1) is 31.3. The van der Waals surface area contributed by atoms with Crippen molar-refractivity contribution in [2.24, 2.45) is 0 Å². The van der Waals surface area contributed by atoms with Gasteiger partial charge >= 0.3 is 0 Å². The lowest BCUT2D eigenvalue weighted by Gasteiger charge is -2.15. The molecule has 0 spiro atoms. The van der Waals surface area contributed by atoms with E-state index in [1.165, 1.54) is 16.3 Å². The largest absolute Gasteiger partial charge is 0.309 e. The minimum Gasteiger partial charge on any atom is -0.309 e. The maximum atomic E-state index is 5.39. The normalized spacial score (nSPS) is 11.8. The fourth-order valence-electron chi connectivity index (χ4n) is 9.77. The molecule has 6 heteroatoms. The zero-order valence-corrected chi connectivity index (χ0v) is 34.0. The molecular weight excluding hydrogens is 769 g/mol. The number of aromatic nitrogens is 6. The summed E-state index contributed by atoms with van der Waals surface area (Å²) in [5.74, 6) is 1.85. The van der Waals surface area contributed by atoms with E-state index in [-0.39, 0.29) is 0 Å². The van der Waals surface area contributed by atoms with Gasteiger partial charge < -0.3 is 13.7 Å². The van der Waals surface area contributed by atoms with Gasteiger partial charge in [-0.3, -0.25) is 0 Å². The van der Waals surface area contributed by atoms with Gasteiger partial charge in [-0.1, -0.05) is 152 Å². The highest BCUT2D eigenvalue weighted by Crippen LogP contribution is 2.47. The number of hydrogen-bond donors (Lipinski definition) is 0. The molecule has 0 bridgehead atoms. The maximum Gasteiger partial charge on any atom is 0.166 e. The van der Waals surface area contributed by atoms with Crippen molar-refractivity contribution in [1.82, 2.24) is 28.7 Å². The molecule has 0 fully saturated rings. The predicted molar refractivity (Wildman–Crippen MR) is 259 cm³/mol. The lowest BCUT2D eigenvalue weighted by atomic mass is 10.0. The second-order valence-electron chi connectivity index (χ2n) is 16.0. The predicted octanol–water partition coefficient (Wildman–Crippen LogP) is 14.2. The molecule has 0 aliphatic rings. The molecule has 13 aromatic rings. The summed E-state index contributed by atoms with van der Waals surface area (Å²) in [6, 6.07) is 77.3. The summed E-state index contributed by atoms with van der Waals surface area (Å²) in [5.41, 5.74) is 12.8. The summed E-state index contributed by atoms with van der Waals surface area (Å²) in [6.07, 6.45) is 0. The van der Waals surface area contributed by atoms with E-state index in [4.69, 9.17) is 15.0 Å². The summed E-state index contributed by atoms with van der Waals surface area (Å²) < 4.78 is 7.24. The molecule has 0 aliphatic carbocycles. The van der Waals surface area contributed by atoms with Gasteiger partial charge in [0.2, 0.25) is 0 Å². The van der Waals surface area contributed by atoms with Crippen LogP contribution in [0.15, 0.2) is 218 Å². The monoisotopic (exact) mass is 804 g/mol. The third-order valence-electron chi connectivity index (χ3n) is 12.5. The molecule has 0 unspecified atom stereocenters. The van der Waals surface area contributed by atoms with Crippen molar-refractivity contribution in [2.45, 2.75) is 0 Å². The van der Waals surface area contributed by atoms with Crippen LogP contribution in [0.5, 0.6) is 0 Å². The molecule has 0 amide bonds. The zero-order valence-electron chi connectivity index (χ0n) is 34.0. The van der Waals surface area contributed by atoms with Crippen molar-refractivity contribution in [2.75, 3.05) is 0 Å². The van der Waals surface area contributed by atoms with Crippen molar-refractivity contribution < 1.29 is 0 Å². The van der Waals surface area contributed by atoms with Gasteiger partial charge in [0.15, 0.2) is 17.5 Å². The Morgan fingerprint density at radius 3 is 1.30 bits per heavy atom. The van der Waals surface area contributed by atoms with Gasteiger partial charge in [0.1, 0.15) is 0 Å². The summed E-state index contributed by atoms with van der Waals surface area (Å²) in [7, 11) is 0. The van der Waals surface area contributed by atoms with Crippen molar-refractivity contribution in [3.63, 3.8) is 0 Å². The lowest BCUT2D eigenvalue weighted by Crippen LogP contribution is -2.03. The molecule has 6 nitrogen and oxygen atoms in total. The first kappa shape index (κ1) is 35.2. The van der Waals surface area contributed by atoms with Crippen LogP contribution in [-0.2, 0) is 0 Å². The van der Waals surface area contributed by atoms with Crippen LogP contribution in [0.1, 0.15) is 0 Å². The Morgan fingerprint density at radius 1 is 0.270 bits per heavy atom. The Bertz CT molecular complexity index is 3830. The van der Waals surface area contributed by atoms with Gasteiger partial charge in [-0.25, -0.2) is 15.0 Å². The average Bonchev–Trinajstić information content (AvgIpc) is 4.00. The highest BCUT2D eigenvalue weighted by atomic mass is 15.1. The number of para-hydroxylation sites is 5. The van der Waals surface area contributed by atoms with Crippen molar-refractivity contribution >= 4 is 65.4 Å². The van der Waals surface area contributed by atoms with E-state index < -0.39 is 0 Å². The molecule has 0 N–H and O–H groups in total. The molecular formula is C57H36N6. The first-order valence-electron chi connectivity index (χ1n) is 21.3. The van der Waals surface area contributed by atoms with Gasteiger partial charge in [0, 0.05) is 66.1 Å². The van der Waals surface area contributed by atoms with Gasteiger partial charge in [0.05, 0.1) is 33.1 Å². The SMILES string of the molecule is c1ccc(-c2nc(-c3ccccc3)nc(-c3cc4c5ccccc5n(-c5ccccc5)c4c4c5ccccc5n(-c5ccc6c(c5)c5ccccc5n6-c5ccccc5)c34)n2)cc1. The number of nitrogens with zero attached hydrogens (tertiary/aromatic N) is 6. The van der Waals surface area contributed by atoms with E-state index in [1.807, 2.05) is 36.4 Å². The quantitative estimate of drug-likeness (QED) is 0.168. The van der Waals surface area contributed by atoms with Gasteiger partial charge in [0.25, 0.3) is 0 Å². The van der Waals surface area contributed by atoms with E-state index in [9.17, 15) is 0 Å². The first-order valence-corrected chi connectivity index (χ1v) is 21.3. The standard InChI is InChI=1S/C57H36N6/c1-5-19-37(20-6-1)55-58-56(38-21-7-2-8-22-38)60-57(59-55)47-36-46-43-28-14-17-31-49(43)62(40-25-11-4-12-26-40)53(46)52-44-29-15-18-32-50(44)63(54(47)52)41-33-34-51-45(35-41)42-27-13-16-30-48(42)61(51)39-23-9-3-10-24-39/h1-36H. The van der Waals surface area contributed by atoms with Crippen LogP contribution in [0.2, 0.25) is 0 Å². The average molecular weight is 805 g/mol. The molecule has 4 heterocycles. The lowest BCUT2D eigenvalue weighted by molar-refractivity contribution is 1.07. The van der Waals surface area contributed by atoms with E-state index >= 15 is 0 Å². The second-order valence-corrected chi connectivity index (χ2v) is 16.0. The van der Waals surface area contributed by atoms with E-state index in [1.54, 1.807) is 0 Å².